The van der Waals surface area contributed by atoms with Crippen molar-refractivity contribution in [3.8, 4) is 5.75 Å². The standard InChI is InChI=1S/C10H10Cl2O2/c1-7(11)10(13)6-14-9-4-2-3-8(12)5-9/h2-5,10,13H,1,6H2. The fourth-order valence-electron chi connectivity index (χ4n) is 0.822. The second kappa shape index (κ2) is 5.25. The van der Waals surface area contributed by atoms with Crippen molar-refractivity contribution in [2.24, 2.45) is 0 Å². The van der Waals surface area contributed by atoms with Gasteiger partial charge in [0, 0.05) is 10.1 Å². The Kier molecular flexibility index (Phi) is 4.26. The Morgan fingerprint density at radius 3 is 2.86 bits per heavy atom. The fraction of sp³-hybridized carbons (Fsp3) is 0.200. The van der Waals surface area contributed by atoms with Crippen molar-refractivity contribution in [3.63, 3.8) is 0 Å². The van der Waals surface area contributed by atoms with Crippen LogP contribution in [0.15, 0.2) is 35.9 Å². The van der Waals surface area contributed by atoms with Crippen molar-refractivity contribution in [3.05, 3.63) is 40.9 Å². The van der Waals surface area contributed by atoms with E-state index >= 15 is 0 Å². The summed E-state index contributed by atoms with van der Waals surface area (Å²) in [5.41, 5.74) is 0. The van der Waals surface area contributed by atoms with Gasteiger partial charge in [-0.2, -0.15) is 0 Å². The molecule has 1 aromatic rings. The van der Waals surface area contributed by atoms with Gasteiger partial charge in [0.2, 0.25) is 0 Å². The summed E-state index contributed by atoms with van der Waals surface area (Å²) in [6.07, 6.45) is -0.865. The van der Waals surface area contributed by atoms with E-state index < -0.39 is 6.10 Å². The molecule has 1 atom stereocenters. The van der Waals surface area contributed by atoms with Gasteiger partial charge in [-0.1, -0.05) is 35.8 Å². The number of hydrogen-bond donors (Lipinski definition) is 1. The van der Waals surface area contributed by atoms with Gasteiger partial charge in [0.15, 0.2) is 0 Å². The zero-order valence-electron chi connectivity index (χ0n) is 7.41. The van der Waals surface area contributed by atoms with Crippen molar-refractivity contribution >= 4 is 23.2 Å². The molecule has 14 heavy (non-hydrogen) atoms. The van der Waals surface area contributed by atoms with Crippen LogP contribution in [0.2, 0.25) is 5.02 Å². The quantitative estimate of drug-likeness (QED) is 0.866. The summed E-state index contributed by atoms with van der Waals surface area (Å²) in [7, 11) is 0. The van der Waals surface area contributed by atoms with Gasteiger partial charge in [0.1, 0.15) is 18.5 Å². The van der Waals surface area contributed by atoms with Crippen LogP contribution in [0.4, 0.5) is 0 Å². The van der Waals surface area contributed by atoms with E-state index in [2.05, 4.69) is 6.58 Å². The molecule has 0 fully saturated rings. The first-order valence-corrected chi connectivity index (χ1v) is 4.76. The van der Waals surface area contributed by atoms with Crippen LogP contribution >= 0.6 is 23.2 Å². The molecule has 0 saturated carbocycles. The second-order valence-corrected chi connectivity index (χ2v) is 3.65. The summed E-state index contributed by atoms with van der Waals surface area (Å²) in [5.74, 6) is 0.592. The molecule has 1 N–H and O–H groups in total. The van der Waals surface area contributed by atoms with Gasteiger partial charge in [-0.05, 0) is 18.2 Å². The van der Waals surface area contributed by atoms with Crippen molar-refractivity contribution in [1.29, 1.82) is 0 Å². The van der Waals surface area contributed by atoms with E-state index in [4.69, 9.17) is 27.9 Å². The topological polar surface area (TPSA) is 29.5 Å². The lowest BCUT2D eigenvalue weighted by Crippen LogP contribution is -2.17. The average molecular weight is 233 g/mol. The first-order valence-electron chi connectivity index (χ1n) is 4.00. The first-order chi connectivity index (χ1) is 6.59. The van der Waals surface area contributed by atoms with E-state index in [0.29, 0.717) is 10.8 Å². The third-order valence-electron chi connectivity index (χ3n) is 1.57. The molecule has 0 amide bonds. The number of ether oxygens (including phenoxy) is 1. The lowest BCUT2D eigenvalue weighted by molar-refractivity contribution is 0.141. The van der Waals surface area contributed by atoms with E-state index in [1.807, 2.05) is 0 Å². The summed E-state index contributed by atoms with van der Waals surface area (Å²) in [6, 6.07) is 6.91. The molecule has 0 saturated heterocycles. The maximum absolute atomic E-state index is 9.27. The first kappa shape index (κ1) is 11.4. The van der Waals surface area contributed by atoms with Crippen LogP contribution in [0.1, 0.15) is 0 Å². The Balaban J connectivity index is 2.49. The zero-order valence-corrected chi connectivity index (χ0v) is 8.92. The van der Waals surface area contributed by atoms with Crippen LogP contribution in [-0.4, -0.2) is 17.8 Å². The molecule has 1 aromatic carbocycles. The third-order valence-corrected chi connectivity index (χ3v) is 2.05. The number of hydrogen-bond acceptors (Lipinski definition) is 2. The van der Waals surface area contributed by atoms with E-state index in [1.54, 1.807) is 24.3 Å². The summed E-state index contributed by atoms with van der Waals surface area (Å²) < 4.78 is 5.23. The van der Waals surface area contributed by atoms with Gasteiger partial charge in [0.05, 0.1) is 0 Å². The Bertz CT molecular complexity index is 326. The SMILES string of the molecule is C=C(Cl)C(O)COc1cccc(Cl)c1. The van der Waals surface area contributed by atoms with Crippen molar-refractivity contribution in [2.75, 3.05) is 6.61 Å². The van der Waals surface area contributed by atoms with Gasteiger partial charge in [-0.3, -0.25) is 0 Å². The number of rotatable bonds is 4. The third kappa shape index (κ3) is 3.58. The number of aliphatic hydroxyl groups excluding tert-OH is 1. The molecule has 0 aromatic heterocycles. The van der Waals surface area contributed by atoms with Crippen molar-refractivity contribution in [2.45, 2.75) is 6.10 Å². The van der Waals surface area contributed by atoms with Crippen molar-refractivity contribution in [1.82, 2.24) is 0 Å². The predicted octanol–water partition coefficient (Wildman–Crippen LogP) is 2.83. The largest absolute Gasteiger partial charge is 0.490 e. The Hall–Kier alpha value is -0.700. The molecule has 0 bridgehead atoms. The average Bonchev–Trinajstić information content (AvgIpc) is 2.14. The van der Waals surface area contributed by atoms with Crippen LogP contribution in [0.3, 0.4) is 0 Å². The van der Waals surface area contributed by atoms with E-state index in [-0.39, 0.29) is 11.6 Å². The molecule has 0 radical (unpaired) electrons. The molecule has 1 rings (SSSR count). The Labute approximate surface area is 92.7 Å². The van der Waals surface area contributed by atoms with Gasteiger partial charge in [-0.15, -0.1) is 0 Å². The second-order valence-electron chi connectivity index (χ2n) is 2.73. The van der Waals surface area contributed by atoms with Crippen LogP contribution < -0.4 is 4.74 Å². The minimum Gasteiger partial charge on any atom is -0.490 e. The van der Waals surface area contributed by atoms with Gasteiger partial charge in [0.25, 0.3) is 0 Å². The molecule has 0 aliphatic heterocycles. The summed E-state index contributed by atoms with van der Waals surface area (Å²) in [6.45, 7) is 3.47. The smallest absolute Gasteiger partial charge is 0.123 e. The van der Waals surface area contributed by atoms with E-state index in [1.165, 1.54) is 0 Å². The normalized spacial score (nSPS) is 12.2. The minimum absolute atomic E-state index is 0.0721. The Morgan fingerprint density at radius 1 is 1.57 bits per heavy atom. The summed E-state index contributed by atoms with van der Waals surface area (Å²) in [5, 5.41) is 10.0. The molecule has 76 valence electrons. The fourth-order valence-corrected chi connectivity index (χ4v) is 1.07. The molecule has 0 aliphatic rings. The number of aliphatic hydroxyl groups is 1. The van der Waals surface area contributed by atoms with Crippen LogP contribution in [0.5, 0.6) is 5.75 Å². The number of halogens is 2. The van der Waals surface area contributed by atoms with Gasteiger partial charge < -0.3 is 9.84 Å². The maximum Gasteiger partial charge on any atom is 0.123 e. The lowest BCUT2D eigenvalue weighted by atomic mass is 10.3. The summed E-state index contributed by atoms with van der Waals surface area (Å²) in [4.78, 5) is 0. The molecule has 0 aliphatic carbocycles. The Morgan fingerprint density at radius 2 is 2.29 bits per heavy atom. The highest BCUT2D eigenvalue weighted by Gasteiger charge is 2.06. The molecule has 1 unspecified atom stereocenters. The monoisotopic (exact) mass is 232 g/mol. The maximum atomic E-state index is 9.27. The predicted molar refractivity (Wildman–Crippen MR) is 57.9 cm³/mol. The molecule has 0 spiro atoms. The molecular weight excluding hydrogens is 223 g/mol. The molecular formula is C10H10Cl2O2. The van der Waals surface area contributed by atoms with Crippen molar-refractivity contribution < 1.29 is 9.84 Å². The van der Waals surface area contributed by atoms with E-state index in [9.17, 15) is 5.11 Å². The highest BCUT2D eigenvalue weighted by molar-refractivity contribution is 6.30. The molecule has 4 heteroatoms. The zero-order chi connectivity index (χ0) is 10.6. The molecule has 0 heterocycles. The number of benzene rings is 1. The van der Waals surface area contributed by atoms with Gasteiger partial charge >= 0.3 is 0 Å². The van der Waals surface area contributed by atoms with Crippen LogP contribution in [0, 0.1) is 0 Å². The minimum atomic E-state index is -0.865. The van der Waals surface area contributed by atoms with Crippen LogP contribution in [0.25, 0.3) is 0 Å². The van der Waals surface area contributed by atoms with E-state index in [0.717, 1.165) is 0 Å². The van der Waals surface area contributed by atoms with Crippen LogP contribution in [-0.2, 0) is 0 Å². The highest BCUT2D eigenvalue weighted by Crippen LogP contribution is 2.17. The highest BCUT2D eigenvalue weighted by atomic mass is 35.5. The van der Waals surface area contributed by atoms with Gasteiger partial charge in [-0.25, -0.2) is 0 Å². The lowest BCUT2D eigenvalue weighted by Gasteiger charge is -2.10. The summed E-state index contributed by atoms with van der Waals surface area (Å²) >= 11 is 11.2. The molecule has 2 nitrogen and oxygen atoms in total.